The summed E-state index contributed by atoms with van der Waals surface area (Å²) in [6.45, 7) is 3.53. The molecule has 0 spiro atoms. The maximum atomic E-state index is 3.78. The normalized spacial score (nSPS) is 11.7. The molecule has 0 aromatic carbocycles. The SMILES string of the molecule is Br.C1=CCC1.C=Cn1ccnc1. The quantitative estimate of drug-likeness (QED) is 0.677. The summed E-state index contributed by atoms with van der Waals surface area (Å²) in [5, 5.41) is 0. The van der Waals surface area contributed by atoms with E-state index in [4.69, 9.17) is 0 Å². The molecule has 0 N–H and O–H groups in total. The van der Waals surface area contributed by atoms with Crippen LogP contribution in [0.4, 0.5) is 0 Å². The van der Waals surface area contributed by atoms with Crippen LogP contribution in [0.25, 0.3) is 6.20 Å². The van der Waals surface area contributed by atoms with Crippen molar-refractivity contribution in [3.05, 3.63) is 37.5 Å². The fourth-order valence-electron chi connectivity index (χ4n) is 0.544. The Morgan fingerprint density at radius 3 is 2.08 bits per heavy atom. The average Bonchev–Trinajstić information content (AvgIpc) is 2.33. The van der Waals surface area contributed by atoms with E-state index in [9.17, 15) is 0 Å². The molecule has 1 aliphatic carbocycles. The van der Waals surface area contributed by atoms with E-state index < -0.39 is 0 Å². The third kappa shape index (κ3) is 4.13. The molecule has 1 aliphatic rings. The van der Waals surface area contributed by atoms with Gasteiger partial charge in [0.15, 0.2) is 0 Å². The van der Waals surface area contributed by atoms with E-state index in [-0.39, 0.29) is 17.0 Å². The molecule has 0 radical (unpaired) electrons. The van der Waals surface area contributed by atoms with Crippen LogP contribution in [0.3, 0.4) is 0 Å². The second-order valence-electron chi connectivity index (χ2n) is 2.24. The van der Waals surface area contributed by atoms with Gasteiger partial charge in [-0.2, -0.15) is 0 Å². The predicted octanol–water partition coefficient (Wildman–Crippen LogP) is 2.90. The summed E-state index contributed by atoms with van der Waals surface area (Å²) in [7, 11) is 0. The van der Waals surface area contributed by atoms with Gasteiger partial charge in [0, 0.05) is 18.6 Å². The molecule has 0 saturated carbocycles. The molecule has 66 valence electrons. The lowest BCUT2D eigenvalue weighted by atomic mass is 10.1. The monoisotopic (exact) mass is 228 g/mol. The van der Waals surface area contributed by atoms with Gasteiger partial charge >= 0.3 is 0 Å². The van der Waals surface area contributed by atoms with Crippen molar-refractivity contribution in [3.63, 3.8) is 0 Å². The van der Waals surface area contributed by atoms with Crippen LogP contribution in [-0.2, 0) is 0 Å². The Morgan fingerprint density at radius 1 is 1.33 bits per heavy atom. The number of nitrogens with zero attached hydrogens (tertiary/aromatic N) is 2. The fourth-order valence-corrected chi connectivity index (χ4v) is 0.544. The summed E-state index contributed by atoms with van der Waals surface area (Å²) in [6, 6.07) is 0. The zero-order valence-electron chi connectivity index (χ0n) is 6.89. The average molecular weight is 229 g/mol. The van der Waals surface area contributed by atoms with Crippen LogP contribution in [0.1, 0.15) is 12.8 Å². The standard InChI is InChI=1S/C5H6N2.C4H6.BrH/c1-2-7-4-3-6-5-7;1-2-4-3-1;/h2-5H,1H2;1-2H,3-4H2;1H. The van der Waals surface area contributed by atoms with E-state index >= 15 is 0 Å². The topological polar surface area (TPSA) is 17.8 Å². The number of hydrogen-bond donors (Lipinski definition) is 0. The van der Waals surface area contributed by atoms with E-state index in [1.54, 1.807) is 23.3 Å². The van der Waals surface area contributed by atoms with Crippen molar-refractivity contribution in [2.75, 3.05) is 0 Å². The van der Waals surface area contributed by atoms with Crippen molar-refractivity contribution in [3.8, 4) is 0 Å². The maximum absolute atomic E-state index is 3.78. The number of aromatic nitrogens is 2. The van der Waals surface area contributed by atoms with E-state index in [1.165, 1.54) is 12.8 Å². The highest BCUT2D eigenvalue weighted by molar-refractivity contribution is 8.93. The fraction of sp³-hybridized carbons (Fsp3) is 0.222. The van der Waals surface area contributed by atoms with Gasteiger partial charge < -0.3 is 4.57 Å². The zero-order valence-corrected chi connectivity index (χ0v) is 8.60. The molecule has 0 aliphatic heterocycles. The lowest BCUT2D eigenvalue weighted by molar-refractivity contribution is 0.962. The predicted molar refractivity (Wildman–Crippen MR) is 57.3 cm³/mol. The summed E-state index contributed by atoms with van der Waals surface area (Å²) in [6.07, 6.45) is 13.9. The largest absolute Gasteiger partial charge is 0.314 e. The first-order valence-electron chi connectivity index (χ1n) is 3.68. The van der Waals surface area contributed by atoms with Gasteiger partial charge in [-0.25, -0.2) is 4.98 Å². The molecular weight excluding hydrogens is 216 g/mol. The van der Waals surface area contributed by atoms with E-state index in [0.717, 1.165) is 0 Å². The third-order valence-corrected chi connectivity index (χ3v) is 1.40. The first-order chi connectivity index (χ1) is 5.43. The van der Waals surface area contributed by atoms with Crippen LogP contribution >= 0.6 is 17.0 Å². The molecule has 0 atom stereocenters. The highest BCUT2D eigenvalue weighted by Gasteiger charge is 1.81. The van der Waals surface area contributed by atoms with E-state index in [0.29, 0.717) is 0 Å². The lowest BCUT2D eigenvalue weighted by Crippen LogP contribution is -1.73. The van der Waals surface area contributed by atoms with Crippen LogP contribution in [0, 0.1) is 0 Å². The maximum Gasteiger partial charge on any atom is 0.0986 e. The molecule has 1 heterocycles. The Hall–Kier alpha value is -0.830. The van der Waals surface area contributed by atoms with Crippen molar-refractivity contribution >= 4 is 23.2 Å². The summed E-state index contributed by atoms with van der Waals surface area (Å²) < 4.78 is 1.78. The summed E-state index contributed by atoms with van der Waals surface area (Å²) in [4.78, 5) is 3.78. The summed E-state index contributed by atoms with van der Waals surface area (Å²) in [5.41, 5.74) is 0. The van der Waals surface area contributed by atoms with Crippen LogP contribution < -0.4 is 0 Å². The number of imidazole rings is 1. The molecule has 0 fully saturated rings. The van der Waals surface area contributed by atoms with Gasteiger partial charge in [0.2, 0.25) is 0 Å². The number of allylic oxidation sites excluding steroid dienone is 2. The van der Waals surface area contributed by atoms with Crippen molar-refractivity contribution in [1.82, 2.24) is 9.55 Å². The number of halogens is 1. The minimum Gasteiger partial charge on any atom is -0.314 e. The molecule has 0 unspecified atom stereocenters. The molecule has 2 rings (SSSR count). The van der Waals surface area contributed by atoms with Gasteiger partial charge in [-0.15, -0.1) is 17.0 Å². The first kappa shape index (κ1) is 11.2. The second kappa shape index (κ2) is 6.85. The van der Waals surface area contributed by atoms with E-state index in [2.05, 4.69) is 23.7 Å². The van der Waals surface area contributed by atoms with Gasteiger partial charge in [-0.05, 0) is 12.8 Å². The van der Waals surface area contributed by atoms with Crippen LogP contribution in [0.15, 0.2) is 37.5 Å². The highest BCUT2D eigenvalue weighted by atomic mass is 79.9. The Balaban J connectivity index is 0.000000209. The molecule has 1 aromatic rings. The highest BCUT2D eigenvalue weighted by Crippen LogP contribution is 2.01. The number of rotatable bonds is 1. The Bertz CT molecular complexity index is 221. The van der Waals surface area contributed by atoms with Crippen molar-refractivity contribution in [1.29, 1.82) is 0 Å². The Labute approximate surface area is 83.4 Å². The van der Waals surface area contributed by atoms with Crippen LogP contribution in [0.5, 0.6) is 0 Å². The Kier molecular flexibility index (Phi) is 6.38. The minimum atomic E-state index is 0. The number of hydrogen-bond acceptors (Lipinski definition) is 1. The molecule has 0 bridgehead atoms. The van der Waals surface area contributed by atoms with Crippen LogP contribution in [-0.4, -0.2) is 9.55 Å². The van der Waals surface area contributed by atoms with Gasteiger partial charge in [-0.3, -0.25) is 0 Å². The van der Waals surface area contributed by atoms with Crippen molar-refractivity contribution < 1.29 is 0 Å². The molecule has 3 heteroatoms. The summed E-state index contributed by atoms with van der Waals surface area (Å²) in [5.74, 6) is 0. The molecular formula is C9H13BrN2. The molecule has 12 heavy (non-hydrogen) atoms. The van der Waals surface area contributed by atoms with Gasteiger partial charge in [-0.1, -0.05) is 18.7 Å². The molecule has 0 amide bonds. The van der Waals surface area contributed by atoms with Gasteiger partial charge in [0.1, 0.15) is 0 Å². The lowest BCUT2D eigenvalue weighted by Gasteiger charge is -1.92. The summed E-state index contributed by atoms with van der Waals surface area (Å²) >= 11 is 0. The molecule has 1 aromatic heterocycles. The zero-order chi connectivity index (χ0) is 7.94. The molecule has 0 saturated heterocycles. The Morgan fingerprint density at radius 2 is 1.92 bits per heavy atom. The van der Waals surface area contributed by atoms with Crippen LogP contribution in [0.2, 0.25) is 0 Å². The van der Waals surface area contributed by atoms with Crippen molar-refractivity contribution in [2.45, 2.75) is 12.8 Å². The third-order valence-electron chi connectivity index (χ3n) is 1.40. The first-order valence-corrected chi connectivity index (χ1v) is 3.68. The van der Waals surface area contributed by atoms with E-state index in [1.807, 2.05) is 6.20 Å². The van der Waals surface area contributed by atoms with Gasteiger partial charge in [0.25, 0.3) is 0 Å². The second-order valence-corrected chi connectivity index (χ2v) is 2.24. The smallest absolute Gasteiger partial charge is 0.0986 e. The minimum absolute atomic E-state index is 0. The van der Waals surface area contributed by atoms with Gasteiger partial charge in [0.05, 0.1) is 6.33 Å². The molecule has 2 nitrogen and oxygen atoms in total. The van der Waals surface area contributed by atoms with Crippen molar-refractivity contribution in [2.24, 2.45) is 0 Å².